The van der Waals surface area contributed by atoms with E-state index >= 15 is 0 Å². The summed E-state index contributed by atoms with van der Waals surface area (Å²) >= 11 is 1.93. The van der Waals surface area contributed by atoms with E-state index in [1.165, 1.54) is 103 Å². The minimum absolute atomic E-state index is 0.0203. The van der Waals surface area contributed by atoms with Gasteiger partial charge in [0, 0.05) is 49.8 Å². The van der Waals surface area contributed by atoms with E-state index in [1.807, 2.05) is 11.8 Å². The van der Waals surface area contributed by atoms with Crippen LogP contribution in [0, 0.1) is 0 Å². The zero-order valence-electron chi connectivity index (χ0n) is 32.3. The predicted molar refractivity (Wildman–Crippen MR) is 246 cm³/mol. The van der Waals surface area contributed by atoms with Crippen molar-refractivity contribution in [1.29, 1.82) is 0 Å². The first kappa shape index (κ1) is 33.9. The maximum absolute atomic E-state index is 7.27. The molecule has 2 aliphatic heterocycles. The molecule has 12 rings (SSSR count). The molecule has 0 saturated heterocycles. The number of hydrogen-bond donors (Lipinski definition) is 0. The number of para-hydroxylation sites is 3. The summed E-state index contributed by atoms with van der Waals surface area (Å²) < 4.78 is 7.27. The second-order valence-electron chi connectivity index (χ2n) is 16.2. The van der Waals surface area contributed by atoms with Gasteiger partial charge in [0.15, 0.2) is 0 Å². The maximum Gasteiger partial charge on any atom is 0.294 e. The van der Waals surface area contributed by atoms with E-state index in [0.717, 1.165) is 34.0 Å². The smallest absolute Gasteiger partial charge is 0.294 e. The predicted octanol–water partition coefficient (Wildman–Crippen LogP) is 13.4. The highest BCUT2D eigenvalue weighted by atomic mass is 32.2. The molecular formula is C53H41BN2OS. The Morgan fingerprint density at radius 1 is 0.552 bits per heavy atom. The zero-order valence-corrected chi connectivity index (χ0v) is 33.1. The third-order valence-corrected chi connectivity index (χ3v) is 14.1. The first-order valence-corrected chi connectivity index (χ1v) is 21.7. The van der Waals surface area contributed by atoms with E-state index < -0.39 is 0 Å². The van der Waals surface area contributed by atoms with Crippen molar-refractivity contribution in [3.05, 3.63) is 175 Å². The second-order valence-corrected chi connectivity index (χ2v) is 17.3. The van der Waals surface area contributed by atoms with Gasteiger partial charge in [-0.3, -0.25) is 0 Å². The van der Waals surface area contributed by atoms with Crippen molar-refractivity contribution in [2.75, 3.05) is 9.80 Å². The summed E-state index contributed by atoms with van der Waals surface area (Å²) in [5.74, 6) is 0.555. The molecule has 0 unspecified atom stereocenters. The molecule has 1 aliphatic carbocycles. The van der Waals surface area contributed by atoms with Crippen molar-refractivity contribution < 1.29 is 4.42 Å². The molecule has 8 aromatic carbocycles. The van der Waals surface area contributed by atoms with Crippen LogP contribution in [-0.2, 0) is 0 Å². The number of hydrogen-bond acceptors (Lipinski definition) is 4. The standard InChI is InChI=1S/C53H41BN2OS/c1-2-6-17-35(16-5-1)37-32-48-50-49(33-37)58-52-45-31-30-43-42-25-12-11-18-36(42)28-29-44(43)51(45)57-53(52)54(50)46-26-13-14-27-47(46)56(48)41-24-15-23-40(34-41)55(38-19-7-3-8-20-38)39-21-9-4-10-22-39/h3-4,7-15,18-35H,1-2,5-6,16-17H2. The van der Waals surface area contributed by atoms with Crippen LogP contribution in [0.25, 0.3) is 32.5 Å². The Labute approximate surface area is 344 Å². The first-order valence-electron chi connectivity index (χ1n) is 20.9. The van der Waals surface area contributed by atoms with E-state index in [1.54, 1.807) is 0 Å². The first-order chi connectivity index (χ1) is 28.8. The summed E-state index contributed by atoms with van der Waals surface area (Å²) in [5.41, 5.74) is 13.2. The average Bonchev–Trinajstić information content (AvgIpc) is 3.44. The SMILES string of the molecule is c1ccc(N(c2ccccc2)c2cccc(N3c4ccccc4B4c5oc6c(ccc7c8ccccc8ccc76)c5Sc5cc(C6CCCCCC6)cc3c54)c2)cc1. The molecule has 0 amide bonds. The molecule has 278 valence electrons. The van der Waals surface area contributed by atoms with E-state index in [9.17, 15) is 0 Å². The summed E-state index contributed by atoms with van der Waals surface area (Å²) in [6.45, 7) is -0.0203. The van der Waals surface area contributed by atoms with Gasteiger partial charge in [-0.05, 0) is 124 Å². The van der Waals surface area contributed by atoms with Gasteiger partial charge in [0.05, 0.1) is 10.6 Å². The molecule has 0 atom stereocenters. The van der Waals surface area contributed by atoms with Crippen LogP contribution in [-0.4, -0.2) is 6.71 Å². The minimum Gasteiger partial charge on any atom is -0.468 e. The van der Waals surface area contributed by atoms with Crippen molar-refractivity contribution in [3.63, 3.8) is 0 Å². The van der Waals surface area contributed by atoms with E-state index in [-0.39, 0.29) is 6.71 Å². The van der Waals surface area contributed by atoms with E-state index in [2.05, 4.69) is 180 Å². The van der Waals surface area contributed by atoms with Crippen molar-refractivity contribution >= 4 is 102 Å². The average molecular weight is 765 g/mol. The molecule has 0 N–H and O–H groups in total. The van der Waals surface area contributed by atoms with Crippen LogP contribution >= 0.6 is 11.8 Å². The van der Waals surface area contributed by atoms with Crippen LogP contribution < -0.4 is 26.4 Å². The van der Waals surface area contributed by atoms with E-state index in [4.69, 9.17) is 4.42 Å². The highest BCUT2D eigenvalue weighted by Crippen LogP contribution is 2.48. The fourth-order valence-electron chi connectivity index (χ4n) is 10.2. The lowest BCUT2D eigenvalue weighted by atomic mass is 9.37. The van der Waals surface area contributed by atoms with Crippen LogP contribution in [0.5, 0.6) is 0 Å². The third kappa shape index (κ3) is 5.37. The van der Waals surface area contributed by atoms with Crippen molar-refractivity contribution in [2.45, 2.75) is 54.2 Å². The molecule has 58 heavy (non-hydrogen) atoms. The minimum atomic E-state index is -0.0203. The molecule has 0 bridgehead atoms. The number of rotatable bonds is 5. The van der Waals surface area contributed by atoms with Gasteiger partial charge in [-0.2, -0.15) is 0 Å². The third-order valence-electron chi connectivity index (χ3n) is 12.9. The van der Waals surface area contributed by atoms with Crippen molar-refractivity contribution in [2.24, 2.45) is 0 Å². The summed E-state index contributed by atoms with van der Waals surface area (Å²) in [4.78, 5) is 7.54. The summed E-state index contributed by atoms with van der Waals surface area (Å²) in [7, 11) is 0. The lowest BCUT2D eigenvalue weighted by Crippen LogP contribution is -2.59. The van der Waals surface area contributed by atoms with Gasteiger partial charge in [0.25, 0.3) is 6.71 Å². The molecule has 0 radical (unpaired) electrons. The van der Waals surface area contributed by atoms with Gasteiger partial charge >= 0.3 is 0 Å². The van der Waals surface area contributed by atoms with Gasteiger partial charge in [0.1, 0.15) is 5.58 Å². The largest absolute Gasteiger partial charge is 0.468 e. The quantitative estimate of drug-likeness (QED) is 0.0987. The van der Waals surface area contributed by atoms with Gasteiger partial charge in [-0.1, -0.05) is 135 Å². The molecule has 3 nitrogen and oxygen atoms in total. The summed E-state index contributed by atoms with van der Waals surface area (Å²) in [5, 5.41) is 6.15. The molecule has 0 spiro atoms. The Kier molecular flexibility index (Phi) is 8.04. The fraction of sp³-hybridized carbons (Fsp3) is 0.132. The molecule has 9 aromatic rings. The monoisotopic (exact) mass is 764 g/mol. The number of fused-ring (bicyclic) bond motifs is 10. The Hall–Kier alpha value is -6.17. The van der Waals surface area contributed by atoms with Crippen LogP contribution in [0.1, 0.15) is 50.0 Å². The molecule has 1 aromatic heterocycles. The highest BCUT2D eigenvalue weighted by molar-refractivity contribution is 8.00. The number of anilines is 6. The van der Waals surface area contributed by atoms with Crippen LogP contribution in [0.2, 0.25) is 0 Å². The molecule has 3 aliphatic rings. The molecule has 1 saturated carbocycles. The van der Waals surface area contributed by atoms with E-state index in [0.29, 0.717) is 5.92 Å². The lowest BCUT2D eigenvalue weighted by molar-refractivity contribution is 0.591. The number of benzene rings is 8. The van der Waals surface area contributed by atoms with Crippen molar-refractivity contribution in [3.8, 4) is 0 Å². The topological polar surface area (TPSA) is 19.6 Å². The van der Waals surface area contributed by atoms with Crippen LogP contribution in [0.15, 0.2) is 184 Å². The van der Waals surface area contributed by atoms with Gasteiger partial charge in [-0.25, -0.2) is 0 Å². The number of nitrogens with zero attached hydrogens (tertiary/aromatic N) is 2. The summed E-state index contributed by atoms with van der Waals surface area (Å²) in [6.07, 6.45) is 7.78. The lowest BCUT2D eigenvalue weighted by Gasteiger charge is -2.40. The van der Waals surface area contributed by atoms with Crippen molar-refractivity contribution in [1.82, 2.24) is 0 Å². The summed E-state index contributed by atoms with van der Waals surface area (Å²) in [6, 6.07) is 62.6. The molecule has 5 heteroatoms. The molecular weight excluding hydrogens is 723 g/mol. The Morgan fingerprint density at radius 3 is 2.05 bits per heavy atom. The van der Waals surface area contributed by atoms with Gasteiger partial charge < -0.3 is 14.2 Å². The van der Waals surface area contributed by atoms with Crippen LogP contribution in [0.3, 0.4) is 0 Å². The Balaban J connectivity index is 1.08. The highest BCUT2D eigenvalue weighted by Gasteiger charge is 2.44. The molecule has 1 fully saturated rings. The maximum atomic E-state index is 7.27. The molecule has 3 heterocycles. The normalized spacial score (nSPS) is 15.0. The number of furan rings is 1. The second kappa shape index (κ2) is 13.7. The fourth-order valence-corrected chi connectivity index (χ4v) is 11.5. The van der Waals surface area contributed by atoms with Gasteiger partial charge in [0.2, 0.25) is 0 Å². The van der Waals surface area contributed by atoms with Gasteiger partial charge in [-0.15, -0.1) is 0 Å². The Bertz CT molecular complexity index is 2980. The Morgan fingerprint density at radius 2 is 1.24 bits per heavy atom. The van der Waals surface area contributed by atoms with Crippen LogP contribution in [0.4, 0.5) is 34.1 Å². The zero-order chi connectivity index (χ0) is 38.2.